The lowest BCUT2D eigenvalue weighted by molar-refractivity contribution is 0.0126. The largest absolute Gasteiger partial charge is 0.445 e. The summed E-state index contributed by atoms with van der Waals surface area (Å²) in [4.78, 5) is 13.5. The lowest BCUT2D eigenvalue weighted by Gasteiger charge is -2.34. The summed E-state index contributed by atoms with van der Waals surface area (Å²) in [5, 5.41) is 9.92. The molecule has 1 aliphatic rings. The van der Waals surface area contributed by atoms with Crippen LogP contribution in [0.3, 0.4) is 0 Å². The van der Waals surface area contributed by atoms with Crippen LogP contribution in [0.1, 0.15) is 25.3 Å². The van der Waals surface area contributed by atoms with Gasteiger partial charge in [-0.1, -0.05) is 43.7 Å². The van der Waals surface area contributed by atoms with Crippen LogP contribution in [0.25, 0.3) is 0 Å². The Hall–Kier alpha value is -1.55. The Morgan fingerprint density at radius 1 is 1.42 bits per heavy atom. The molecule has 1 aromatic rings. The summed E-state index contributed by atoms with van der Waals surface area (Å²) >= 11 is 0. The van der Waals surface area contributed by atoms with Crippen LogP contribution in [-0.4, -0.2) is 35.3 Å². The summed E-state index contributed by atoms with van der Waals surface area (Å²) in [6.45, 7) is 3.40. The summed E-state index contributed by atoms with van der Waals surface area (Å²) in [7, 11) is 0. The van der Waals surface area contributed by atoms with Crippen molar-refractivity contribution in [2.24, 2.45) is 5.92 Å². The number of carbonyl (C=O) groups is 1. The normalized spacial score (nSPS) is 23.2. The fourth-order valence-electron chi connectivity index (χ4n) is 2.43. The molecular weight excluding hydrogens is 242 g/mol. The SMILES string of the molecule is CC[C@@H]1CCN(C(=O)OCc2ccccc2)C[C@H]1O. The molecule has 1 aliphatic heterocycles. The van der Waals surface area contributed by atoms with Gasteiger partial charge < -0.3 is 14.7 Å². The number of likely N-dealkylation sites (tertiary alicyclic amines) is 1. The van der Waals surface area contributed by atoms with Crippen molar-refractivity contribution in [1.29, 1.82) is 0 Å². The standard InChI is InChI=1S/C15H21NO3/c1-2-13-8-9-16(10-14(13)17)15(18)19-11-12-6-4-3-5-7-12/h3-7,13-14,17H,2,8-11H2,1H3/t13-,14-/m1/s1. The Labute approximate surface area is 114 Å². The Kier molecular flexibility index (Phi) is 4.80. The predicted molar refractivity (Wildman–Crippen MR) is 72.6 cm³/mol. The van der Waals surface area contributed by atoms with Crippen LogP contribution in [-0.2, 0) is 11.3 Å². The molecule has 1 aromatic carbocycles. The number of aliphatic hydroxyl groups is 1. The van der Waals surface area contributed by atoms with Crippen LogP contribution in [0.4, 0.5) is 4.79 Å². The fourth-order valence-corrected chi connectivity index (χ4v) is 2.43. The van der Waals surface area contributed by atoms with E-state index in [4.69, 9.17) is 4.74 Å². The summed E-state index contributed by atoms with van der Waals surface area (Å²) < 4.78 is 5.26. The van der Waals surface area contributed by atoms with Crippen LogP contribution >= 0.6 is 0 Å². The van der Waals surface area contributed by atoms with Crippen LogP contribution in [0.15, 0.2) is 30.3 Å². The first-order valence-electron chi connectivity index (χ1n) is 6.84. The minimum atomic E-state index is -0.428. The van der Waals surface area contributed by atoms with Gasteiger partial charge in [-0.3, -0.25) is 0 Å². The molecule has 4 nitrogen and oxygen atoms in total. The topological polar surface area (TPSA) is 49.8 Å². The molecule has 0 spiro atoms. The van der Waals surface area contributed by atoms with E-state index in [9.17, 15) is 9.90 Å². The third-order valence-corrected chi connectivity index (χ3v) is 3.71. The number of carbonyl (C=O) groups excluding carboxylic acids is 1. The Balaban J connectivity index is 1.81. The number of ether oxygens (including phenoxy) is 1. The first-order chi connectivity index (χ1) is 9.20. The minimum Gasteiger partial charge on any atom is -0.445 e. The smallest absolute Gasteiger partial charge is 0.410 e. The molecule has 1 heterocycles. The number of nitrogens with zero attached hydrogens (tertiary/aromatic N) is 1. The van der Waals surface area contributed by atoms with E-state index >= 15 is 0 Å². The highest BCUT2D eigenvalue weighted by atomic mass is 16.6. The van der Waals surface area contributed by atoms with Crippen LogP contribution in [0.5, 0.6) is 0 Å². The molecule has 0 aliphatic carbocycles. The van der Waals surface area contributed by atoms with E-state index in [1.807, 2.05) is 30.3 Å². The van der Waals surface area contributed by atoms with Crippen molar-refractivity contribution in [3.8, 4) is 0 Å². The van der Waals surface area contributed by atoms with Crippen molar-refractivity contribution in [2.45, 2.75) is 32.5 Å². The second-order valence-corrected chi connectivity index (χ2v) is 5.01. The van der Waals surface area contributed by atoms with Gasteiger partial charge in [0.1, 0.15) is 6.61 Å². The van der Waals surface area contributed by atoms with Crippen LogP contribution in [0, 0.1) is 5.92 Å². The summed E-state index contributed by atoms with van der Waals surface area (Å²) in [6.07, 6.45) is 1.03. The quantitative estimate of drug-likeness (QED) is 0.911. The van der Waals surface area contributed by atoms with Gasteiger partial charge in [-0.05, 0) is 17.9 Å². The van der Waals surface area contributed by atoms with Crippen LogP contribution in [0.2, 0.25) is 0 Å². The van der Waals surface area contributed by atoms with Crippen molar-refractivity contribution >= 4 is 6.09 Å². The van der Waals surface area contributed by atoms with Crippen molar-refractivity contribution in [3.63, 3.8) is 0 Å². The highest BCUT2D eigenvalue weighted by Gasteiger charge is 2.29. The van der Waals surface area contributed by atoms with Crippen LogP contribution < -0.4 is 0 Å². The second-order valence-electron chi connectivity index (χ2n) is 5.01. The average Bonchev–Trinajstić information content (AvgIpc) is 2.45. The monoisotopic (exact) mass is 263 g/mol. The lowest BCUT2D eigenvalue weighted by atomic mass is 9.92. The maximum Gasteiger partial charge on any atom is 0.410 e. The lowest BCUT2D eigenvalue weighted by Crippen LogP contribution is -2.46. The summed E-state index contributed by atoms with van der Waals surface area (Å²) in [5.41, 5.74) is 0.972. The molecule has 1 amide bonds. The molecule has 0 saturated carbocycles. The summed E-state index contributed by atoms with van der Waals surface area (Å²) in [5.74, 6) is 0.304. The van der Waals surface area contributed by atoms with Crippen molar-refractivity contribution in [3.05, 3.63) is 35.9 Å². The maximum absolute atomic E-state index is 11.9. The van der Waals surface area contributed by atoms with Gasteiger partial charge in [-0.25, -0.2) is 4.79 Å². The molecular formula is C15H21NO3. The van der Waals surface area contributed by atoms with E-state index in [-0.39, 0.29) is 12.7 Å². The van der Waals surface area contributed by atoms with Gasteiger partial charge in [0, 0.05) is 6.54 Å². The average molecular weight is 263 g/mol. The number of aliphatic hydroxyl groups excluding tert-OH is 1. The molecule has 0 unspecified atom stereocenters. The zero-order valence-corrected chi connectivity index (χ0v) is 11.3. The molecule has 0 aromatic heterocycles. The van der Waals surface area contributed by atoms with Gasteiger partial charge in [-0.15, -0.1) is 0 Å². The molecule has 1 saturated heterocycles. The molecule has 2 atom stereocenters. The number of benzene rings is 1. The molecule has 19 heavy (non-hydrogen) atoms. The number of β-amino-alcohol motifs (C(OH)–C–C–N with tert-alkyl or cyclic N) is 1. The first-order valence-corrected chi connectivity index (χ1v) is 6.84. The maximum atomic E-state index is 11.9. The van der Waals surface area contributed by atoms with Crippen molar-refractivity contribution < 1.29 is 14.6 Å². The molecule has 0 bridgehead atoms. The number of rotatable bonds is 3. The first kappa shape index (κ1) is 13.9. The molecule has 1 N–H and O–H groups in total. The molecule has 1 fully saturated rings. The van der Waals surface area contributed by atoms with E-state index < -0.39 is 6.10 Å². The van der Waals surface area contributed by atoms with E-state index in [1.165, 1.54) is 0 Å². The Morgan fingerprint density at radius 3 is 2.79 bits per heavy atom. The minimum absolute atomic E-state index is 0.281. The van der Waals surface area contributed by atoms with E-state index in [2.05, 4.69) is 6.92 Å². The molecule has 104 valence electrons. The number of hydrogen-bond donors (Lipinski definition) is 1. The zero-order valence-electron chi connectivity index (χ0n) is 11.3. The van der Waals surface area contributed by atoms with Gasteiger partial charge in [0.2, 0.25) is 0 Å². The van der Waals surface area contributed by atoms with Gasteiger partial charge in [-0.2, -0.15) is 0 Å². The van der Waals surface area contributed by atoms with Crippen molar-refractivity contribution in [1.82, 2.24) is 4.90 Å². The Morgan fingerprint density at radius 2 is 2.16 bits per heavy atom. The number of hydrogen-bond acceptors (Lipinski definition) is 3. The summed E-state index contributed by atoms with van der Waals surface area (Å²) in [6, 6.07) is 9.60. The van der Waals surface area contributed by atoms with Gasteiger partial charge in [0.15, 0.2) is 0 Å². The van der Waals surface area contributed by atoms with Crippen molar-refractivity contribution in [2.75, 3.05) is 13.1 Å². The molecule has 2 rings (SSSR count). The van der Waals surface area contributed by atoms with Gasteiger partial charge in [0.25, 0.3) is 0 Å². The fraction of sp³-hybridized carbons (Fsp3) is 0.533. The third kappa shape index (κ3) is 3.70. The number of amides is 1. The molecule has 0 radical (unpaired) electrons. The Bertz CT molecular complexity index is 407. The number of piperidine rings is 1. The molecule has 4 heteroatoms. The highest BCUT2D eigenvalue weighted by molar-refractivity contribution is 5.67. The highest BCUT2D eigenvalue weighted by Crippen LogP contribution is 2.21. The predicted octanol–water partition coefficient (Wildman–Crippen LogP) is 2.42. The van der Waals surface area contributed by atoms with Gasteiger partial charge in [0.05, 0.1) is 12.6 Å². The zero-order chi connectivity index (χ0) is 13.7. The van der Waals surface area contributed by atoms with E-state index in [0.29, 0.717) is 19.0 Å². The second kappa shape index (κ2) is 6.57. The third-order valence-electron chi connectivity index (χ3n) is 3.71. The van der Waals surface area contributed by atoms with Gasteiger partial charge >= 0.3 is 6.09 Å². The van der Waals surface area contributed by atoms with E-state index in [1.54, 1.807) is 4.90 Å². The van der Waals surface area contributed by atoms with E-state index in [0.717, 1.165) is 18.4 Å².